The van der Waals surface area contributed by atoms with E-state index in [1.807, 2.05) is 0 Å². The molecule has 168 valence electrons. The molecule has 0 atom stereocenters. The van der Waals surface area contributed by atoms with Gasteiger partial charge in [0.25, 0.3) is 15.9 Å². The lowest BCUT2D eigenvalue weighted by Gasteiger charge is -2.17. The Kier molecular flexibility index (Phi) is 6.90. The van der Waals surface area contributed by atoms with Gasteiger partial charge in [0, 0.05) is 12.1 Å². The summed E-state index contributed by atoms with van der Waals surface area (Å²) >= 11 is 0. The van der Waals surface area contributed by atoms with E-state index < -0.39 is 33.2 Å². The summed E-state index contributed by atoms with van der Waals surface area (Å²) in [4.78, 5) is 12.2. The molecule has 1 aliphatic rings. The largest absolute Gasteiger partial charge is 0.493 e. The van der Waals surface area contributed by atoms with Gasteiger partial charge in [-0.05, 0) is 54.7 Å². The minimum Gasteiger partial charge on any atom is -0.493 e. The van der Waals surface area contributed by atoms with Gasteiger partial charge in [0.1, 0.15) is 5.75 Å². The molecule has 1 aliphatic carbocycles. The quantitative estimate of drug-likeness (QED) is 0.660. The van der Waals surface area contributed by atoms with Crippen LogP contribution in [0.25, 0.3) is 0 Å². The summed E-state index contributed by atoms with van der Waals surface area (Å²) < 4.78 is 72.6. The van der Waals surface area contributed by atoms with E-state index in [9.17, 15) is 26.4 Å². The van der Waals surface area contributed by atoms with Crippen molar-refractivity contribution in [1.29, 1.82) is 0 Å². The molecule has 2 aromatic carbocycles. The lowest BCUT2D eigenvalue weighted by atomic mass is 10.1. The maximum absolute atomic E-state index is 13.5. The van der Waals surface area contributed by atoms with Crippen LogP contribution in [0.5, 0.6) is 5.75 Å². The lowest BCUT2D eigenvalue weighted by Crippen LogP contribution is -2.30. The van der Waals surface area contributed by atoms with Crippen molar-refractivity contribution >= 4 is 15.9 Å². The van der Waals surface area contributed by atoms with E-state index in [4.69, 9.17) is 10.5 Å². The van der Waals surface area contributed by atoms with Crippen LogP contribution in [0.15, 0.2) is 47.4 Å². The van der Waals surface area contributed by atoms with E-state index in [-0.39, 0.29) is 29.7 Å². The molecular formula is C21H23F3N2O4S. The highest BCUT2D eigenvalue weighted by Crippen LogP contribution is 2.37. The molecule has 10 heteroatoms. The molecule has 1 fully saturated rings. The number of benzene rings is 2. The summed E-state index contributed by atoms with van der Waals surface area (Å²) in [7, 11) is -4.27. The Labute approximate surface area is 178 Å². The van der Waals surface area contributed by atoms with Gasteiger partial charge in [-0.15, -0.1) is 0 Å². The van der Waals surface area contributed by atoms with Crippen LogP contribution >= 0.6 is 0 Å². The number of ether oxygens (including phenoxy) is 1. The fourth-order valence-electron chi connectivity index (χ4n) is 3.45. The highest BCUT2D eigenvalue weighted by atomic mass is 32.2. The molecule has 3 rings (SSSR count). The van der Waals surface area contributed by atoms with Gasteiger partial charge in [0.2, 0.25) is 0 Å². The predicted molar refractivity (Wildman–Crippen MR) is 108 cm³/mol. The average Bonchev–Trinajstić information content (AvgIpc) is 3.25. The zero-order chi connectivity index (χ0) is 22.6. The number of carbonyl (C=O) groups is 1. The molecule has 1 amide bonds. The van der Waals surface area contributed by atoms with Gasteiger partial charge in [-0.1, -0.05) is 25.0 Å². The van der Waals surface area contributed by atoms with Crippen molar-refractivity contribution in [2.75, 3.05) is 6.61 Å². The Morgan fingerprint density at radius 1 is 1.10 bits per heavy atom. The standard InChI is InChI=1S/C21H23F3N2O4S/c22-21(23,24)18-11-16(7-10-19(18)30-13-15-3-1-2-4-15)20(27)26-31(28,29)17-8-5-14(12-25)6-9-17/h5-11,15H,1-4,12-13,25H2,(H,26,27). The number of nitrogens with one attached hydrogen (secondary N) is 1. The first-order chi connectivity index (χ1) is 14.6. The molecular weight excluding hydrogens is 433 g/mol. The van der Waals surface area contributed by atoms with Crippen molar-refractivity contribution < 1.29 is 31.1 Å². The van der Waals surface area contributed by atoms with Gasteiger partial charge in [-0.2, -0.15) is 13.2 Å². The summed E-state index contributed by atoms with van der Waals surface area (Å²) in [5.74, 6) is -1.34. The zero-order valence-corrected chi connectivity index (χ0v) is 17.4. The van der Waals surface area contributed by atoms with E-state index >= 15 is 0 Å². The maximum Gasteiger partial charge on any atom is 0.419 e. The first-order valence-electron chi connectivity index (χ1n) is 9.80. The van der Waals surface area contributed by atoms with E-state index in [1.165, 1.54) is 24.3 Å². The normalized spacial score (nSPS) is 15.1. The molecule has 0 aliphatic heterocycles. The summed E-state index contributed by atoms with van der Waals surface area (Å²) in [5.41, 5.74) is 4.59. The Morgan fingerprint density at radius 2 is 1.74 bits per heavy atom. The number of nitrogens with two attached hydrogens (primary N) is 1. The van der Waals surface area contributed by atoms with Crippen LogP contribution in [0.3, 0.4) is 0 Å². The van der Waals surface area contributed by atoms with Crippen LogP contribution in [0.1, 0.15) is 47.2 Å². The highest BCUT2D eigenvalue weighted by Gasteiger charge is 2.36. The molecule has 3 N–H and O–H groups in total. The van der Waals surface area contributed by atoms with Crippen molar-refractivity contribution in [2.45, 2.75) is 43.3 Å². The Morgan fingerprint density at radius 3 is 2.32 bits per heavy atom. The van der Waals surface area contributed by atoms with Gasteiger partial charge in [-0.3, -0.25) is 4.79 Å². The summed E-state index contributed by atoms with van der Waals surface area (Å²) in [5, 5.41) is 0. The molecule has 0 bridgehead atoms. The summed E-state index contributed by atoms with van der Waals surface area (Å²) in [6, 6.07) is 8.26. The average molecular weight is 456 g/mol. The van der Waals surface area contributed by atoms with Crippen molar-refractivity contribution in [2.24, 2.45) is 11.7 Å². The number of sulfonamides is 1. The molecule has 0 saturated heterocycles. The second-order valence-electron chi connectivity index (χ2n) is 7.45. The second-order valence-corrected chi connectivity index (χ2v) is 9.14. The third-order valence-corrected chi connectivity index (χ3v) is 6.54. The summed E-state index contributed by atoms with van der Waals surface area (Å²) in [6.45, 7) is 0.379. The van der Waals surface area contributed by atoms with Crippen LogP contribution in [-0.4, -0.2) is 20.9 Å². The maximum atomic E-state index is 13.5. The van der Waals surface area contributed by atoms with Crippen LogP contribution in [0.4, 0.5) is 13.2 Å². The minimum atomic E-state index is -4.77. The van der Waals surface area contributed by atoms with Gasteiger partial charge < -0.3 is 10.5 Å². The molecule has 2 aromatic rings. The smallest absolute Gasteiger partial charge is 0.419 e. The topological polar surface area (TPSA) is 98.5 Å². The molecule has 0 aromatic heterocycles. The number of halogens is 3. The van der Waals surface area contributed by atoms with Crippen LogP contribution in [-0.2, 0) is 22.7 Å². The Hall–Kier alpha value is -2.59. The van der Waals surface area contributed by atoms with Crippen LogP contribution < -0.4 is 15.2 Å². The molecule has 1 saturated carbocycles. The zero-order valence-electron chi connectivity index (χ0n) is 16.6. The van der Waals surface area contributed by atoms with Gasteiger partial charge in [0.05, 0.1) is 17.1 Å². The van der Waals surface area contributed by atoms with E-state index in [2.05, 4.69) is 0 Å². The SMILES string of the molecule is NCc1ccc(S(=O)(=O)NC(=O)c2ccc(OCC3CCCC3)c(C(F)(F)F)c2)cc1. The summed E-state index contributed by atoms with van der Waals surface area (Å²) in [6.07, 6.45) is -0.887. The van der Waals surface area contributed by atoms with Crippen molar-refractivity contribution in [1.82, 2.24) is 4.72 Å². The number of rotatable bonds is 7. The molecule has 0 spiro atoms. The molecule has 31 heavy (non-hydrogen) atoms. The molecule has 0 unspecified atom stereocenters. The van der Waals surface area contributed by atoms with E-state index in [0.717, 1.165) is 37.8 Å². The van der Waals surface area contributed by atoms with Gasteiger partial charge >= 0.3 is 6.18 Å². The fourth-order valence-corrected chi connectivity index (χ4v) is 4.42. The number of amides is 1. The fraction of sp³-hybridized carbons (Fsp3) is 0.381. The number of hydrogen-bond donors (Lipinski definition) is 2. The first-order valence-corrected chi connectivity index (χ1v) is 11.3. The number of alkyl halides is 3. The third-order valence-electron chi connectivity index (χ3n) is 5.19. The lowest BCUT2D eigenvalue weighted by molar-refractivity contribution is -0.139. The van der Waals surface area contributed by atoms with Gasteiger partial charge in [0.15, 0.2) is 0 Å². The molecule has 0 heterocycles. The van der Waals surface area contributed by atoms with Crippen LogP contribution in [0.2, 0.25) is 0 Å². The predicted octanol–water partition coefficient (Wildman–Crippen LogP) is 3.85. The Balaban J connectivity index is 1.79. The third kappa shape index (κ3) is 5.76. The first kappa shape index (κ1) is 23.1. The monoisotopic (exact) mass is 456 g/mol. The Bertz CT molecular complexity index is 1030. The minimum absolute atomic E-state index is 0.168. The highest BCUT2D eigenvalue weighted by molar-refractivity contribution is 7.90. The second kappa shape index (κ2) is 9.27. The van der Waals surface area contributed by atoms with Crippen molar-refractivity contribution in [3.8, 4) is 5.75 Å². The molecule has 6 nitrogen and oxygen atoms in total. The molecule has 0 radical (unpaired) electrons. The number of hydrogen-bond acceptors (Lipinski definition) is 5. The van der Waals surface area contributed by atoms with Crippen molar-refractivity contribution in [3.63, 3.8) is 0 Å². The van der Waals surface area contributed by atoms with Crippen molar-refractivity contribution in [3.05, 3.63) is 59.2 Å². The van der Waals surface area contributed by atoms with E-state index in [0.29, 0.717) is 11.6 Å². The number of carbonyl (C=O) groups excluding carboxylic acids is 1. The van der Waals surface area contributed by atoms with Crippen LogP contribution in [0, 0.1) is 5.92 Å². The van der Waals surface area contributed by atoms with Gasteiger partial charge in [-0.25, -0.2) is 13.1 Å². The van der Waals surface area contributed by atoms with E-state index in [1.54, 1.807) is 4.72 Å².